The van der Waals surface area contributed by atoms with Gasteiger partial charge in [-0.05, 0) is 43.6 Å². The first kappa shape index (κ1) is 14.4. The van der Waals surface area contributed by atoms with Gasteiger partial charge in [0.25, 0.3) is 0 Å². The second kappa shape index (κ2) is 6.07. The lowest BCUT2D eigenvalue weighted by molar-refractivity contribution is -0.131. The molecule has 4 nitrogen and oxygen atoms in total. The summed E-state index contributed by atoms with van der Waals surface area (Å²) >= 11 is 6.64. The molecule has 0 saturated heterocycles. The van der Waals surface area contributed by atoms with E-state index in [-0.39, 0.29) is 5.91 Å². The number of hydrogen-bond donors (Lipinski definition) is 1. The third kappa shape index (κ3) is 3.57. The van der Waals surface area contributed by atoms with Gasteiger partial charge in [-0.2, -0.15) is 0 Å². The summed E-state index contributed by atoms with van der Waals surface area (Å²) in [6, 6.07) is 4.32. The zero-order valence-electron chi connectivity index (χ0n) is 11.8. The van der Waals surface area contributed by atoms with Gasteiger partial charge in [-0.25, -0.2) is 0 Å². The zero-order chi connectivity index (χ0) is 14.8. The molecule has 0 aromatic carbocycles. The van der Waals surface area contributed by atoms with Gasteiger partial charge < -0.3 is 9.88 Å². The van der Waals surface area contributed by atoms with Crippen molar-refractivity contribution in [2.24, 2.45) is 0 Å². The van der Waals surface area contributed by atoms with Gasteiger partial charge in [0.1, 0.15) is 0 Å². The van der Waals surface area contributed by atoms with E-state index in [4.69, 9.17) is 12.2 Å². The second-order valence-electron chi connectivity index (χ2n) is 5.35. The van der Waals surface area contributed by atoms with Crippen LogP contribution < -0.4 is 0 Å². The van der Waals surface area contributed by atoms with Gasteiger partial charge in [-0.1, -0.05) is 6.07 Å². The van der Waals surface area contributed by atoms with Crippen molar-refractivity contribution < 1.29 is 4.79 Å². The van der Waals surface area contributed by atoms with E-state index < -0.39 is 0 Å². The number of carbonyl (C=O) groups is 1. The third-order valence-electron chi connectivity index (χ3n) is 3.62. The minimum atomic E-state index is 0.176. The Morgan fingerprint density at radius 2 is 2.38 bits per heavy atom. The van der Waals surface area contributed by atoms with Crippen LogP contribution in [-0.2, 0) is 17.8 Å². The van der Waals surface area contributed by atoms with E-state index in [1.165, 1.54) is 11.3 Å². The van der Waals surface area contributed by atoms with Crippen LogP contribution in [0.15, 0.2) is 24.5 Å². The summed E-state index contributed by atoms with van der Waals surface area (Å²) in [7, 11) is 0. The van der Waals surface area contributed by atoms with Gasteiger partial charge >= 0.3 is 0 Å². The molecule has 6 heteroatoms. The molecule has 1 fully saturated rings. The number of carbonyl (C=O) groups excluding carboxylic acids is 1. The molecule has 1 saturated carbocycles. The number of hydrogen-bond acceptors (Lipinski definition) is 4. The maximum atomic E-state index is 12.6. The fraction of sp³-hybridized carbons (Fsp3) is 0.400. The smallest absolute Gasteiger partial charge is 0.228 e. The summed E-state index contributed by atoms with van der Waals surface area (Å²) in [4.78, 5) is 22.9. The van der Waals surface area contributed by atoms with Crippen molar-refractivity contribution in [3.63, 3.8) is 0 Å². The number of thiazole rings is 1. The lowest BCUT2D eigenvalue weighted by Crippen LogP contribution is -2.33. The number of aromatic nitrogens is 2. The quantitative estimate of drug-likeness (QED) is 0.861. The summed E-state index contributed by atoms with van der Waals surface area (Å²) in [5.74, 6) is 0.176. The number of amides is 1. The SMILES string of the molecule is Cc1[nH]c(=S)sc1CC(=O)N(Cc1cccnc1)C1CC1. The zero-order valence-corrected chi connectivity index (χ0v) is 13.5. The number of rotatable bonds is 5. The molecule has 2 heterocycles. The van der Waals surface area contributed by atoms with Crippen molar-refractivity contribution in [2.75, 3.05) is 0 Å². The average molecular weight is 319 g/mol. The van der Waals surface area contributed by atoms with Gasteiger partial charge in [0.15, 0.2) is 3.95 Å². The fourth-order valence-electron chi connectivity index (χ4n) is 2.34. The van der Waals surface area contributed by atoms with E-state index in [9.17, 15) is 4.79 Å². The molecule has 0 spiro atoms. The van der Waals surface area contributed by atoms with Crippen molar-refractivity contribution in [2.45, 2.75) is 38.8 Å². The molecule has 2 aromatic rings. The molecule has 2 aromatic heterocycles. The maximum absolute atomic E-state index is 12.6. The van der Waals surface area contributed by atoms with Crippen molar-refractivity contribution in [3.8, 4) is 0 Å². The third-order valence-corrected chi connectivity index (χ3v) is 4.96. The molecule has 1 aliphatic rings. The Kier molecular flexibility index (Phi) is 4.17. The van der Waals surface area contributed by atoms with Crippen LogP contribution in [0.3, 0.4) is 0 Å². The lowest BCUT2D eigenvalue weighted by atomic mass is 10.2. The van der Waals surface area contributed by atoms with E-state index in [1.54, 1.807) is 6.20 Å². The van der Waals surface area contributed by atoms with Crippen molar-refractivity contribution in [1.29, 1.82) is 0 Å². The van der Waals surface area contributed by atoms with E-state index in [0.717, 1.165) is 32.9 Å². The number of nitrogens with zero attached hydrogens (tertiary/aromatic N) is 2. The van der Waals surface area contributed by atoms with Gasteiger partial charge in [0.2, 0.25) is 5.91 Å². The molecule has 0 radical (unpaired) electrons. The molecule has 1 aliphatic carbocycles. The van der Waals surface area contributed by atoms with Gasteiger partial charge in [0.05, 0.1) is 6.42 Å². The van der Waals surface area contributed by atoms with Gasteiger partial charge in [-0.15, -0.1) is 11.3 Å². The first-order chi connectivity index (χ1) is 10.1. The van der Waals surface area contributed by atoms with Crippen LogP contribution in [0, 0.1) is 10.9 Å². The highest BCUT2D eigenvalue weighted by Crippen LogP contribution is 2.29. The number of nitrogens with one attached hydrogen (secondary N) is 1. The molecule has 21 heavy (non-hydrogen) atoms. The number of aromatic amines is 1. The minimum absolute atomic E-state index is 0.176. The summed E-state index contributed by atoms with van der Waals surface area (Å²) in [6.07, 6.45) is 6.22. The molecular weight excluding hydrogens is 302 g/mol. The van der Waals surface area contributed by atoms with Crippen LogP contribution in [0.5, 0.6) is 0 Å². The normalized spacial score (nSPS) is 14.1. The monoisotopic (exact) mass is 319 g/mol. The minimum Gasteiger partial charge on any atom is -0.341 e. The Bertz CT molecular complexity index is 688. The Balaban J connectivity index is 1.73. The first-order valence-electron chi connectivity index (χ1n) is 7.00. The Hall–Kier alpha value is -1.53. The molecule has 3 rings (SSSR count). The number of H-pyrrole nitrogens is 1. The Labute approximate surface area is 132 Å². The summed E-state index contributed by atoms with van der Waals surface area (Å²) < 4.78 is 0.737. The second-order valence-corrected chi connectivity index (χ2v) is 7.13. The van der Waals surface area contributed by atoms with Crippen LogP contribution >= 0.6 is 23.6 Å². The number of pyridine rings is 1. The van der Waals surface area contributed by atoms with Crippen LogP contribution in [0.2, 0.25) is 0 Å². The average Bonchev–Trinajstić information content (AvgIpc) is 3.24. The first-order valence-corrected chi connectivity index (χ1v) is 8.23. The van der Waals surface area contributed by atoms with E-state index in [1.807, 2.05) is 30.2 Å². The van der Waals surface area contributed by atoms with Crippen molar-refractivity contribution in [1.82, 2.24) is 14.9 Å². The number of aryl methyl sites for hydroxylation is 1. The molecule has 0 aliphatic heterocycles. The highest BCUT2D eigenvalue weighted by Gasteiger charge is 2.32. The molecule has 1 amide bonds. The highest BCUT2D eigenvalue weighted by molar-refractivity contribution is 7.73. The van der Waals surface area contributed by atoms with Crippen molar-refractivity contribution >= 4 is 29.5 Å². The molecule has 110 valence electrons. The maximum Gasteiger partial charge on any atom is 0.228 e. The molecular formula is C15H17N3OS2. The summed E-state index contributed by atoms with van der Waals surface area (Å²) in [5, 5.41) is 0. The van der Waals surface area contributed by atoms with Crippen LogP contribution in [-0.4, -0.2) is 26.8 Å². The Morgan fingerprint density at radius 3 is 2.95 bits per heavy atom. The fourth-order valence-corrected chi connectivity index (χ4v) is 3.62. The van der Waals surface area contributed by atoms with Gasteiger partial charge in [0, 0.05) is 35.6 Å². The predicted molar refractivity (Wildman–Crippen MR) is 85.8 cm³/mol. The Morgan fingerprint density at radius 1 is 1.57 bits per heavy atom. The summed E-state index contributed by atoms with van der Waals surface area (Å²) in [5.41, 5.74) is 2.09. The lowest BCUT2D eigenvalue weighted by Gasteiger charge is -2.22. The molecule has 0 bridgehead atoms. The molecule has 1 N–H and O–H groups in total. The van der Waals surface area contributed by atoms with Crippen LogP contribution in [0.4, 0.5) is 0 Å². The summed E-state index contributed by atoms with van der Waals surface area (Å²) in [6.45, 7) is 2.61. The van der Waals surface area contributed by atoms with E-state index in [0.29, 0.717) is 19.0 Å². The molecule has 0 atom stereocenters. The highest BCUT2D eigenvalue weighted by atomic mass is 32.1. The molecule has 0 unspecified atom stereocenters. The standard InChI is InChI=1S/C15H17N3OS2/c1-10-13(21-15(20)17-10)7-14(19)18(12-4-5-12)9-11-3-2-6-16-8-11/h2-3,6,8,12H,4-5,7,9H2,1H3,(H,17,20). The van der Waals surface area contributed by atoms with Crippen LogP contribution in [0.25, 0.3) is 0 Å². The largest absolute Gasteiger partial charge is 0.341 e. The van der Waals surface area contributed by atoms with Crippen molar-refractivity contribution in [3.05, 3.63) is 44.6 Å². The van der Waals surface area contributed by atoms with Crippen LogP contribution in [0.1, 0.15) is 29.0 Å². The van der Waals surface area contributed by atoms with Gasteiger partial charge in [-0.3, -0.25) is 9.78 Å². The topological polar surface area (TPSA) is 49.0 Å². The van der Waals surface area contributed by atoms with E-state index >= 15 is 0 Å². The van der Waals surface area contributed by atoms with E-state index in [2.05, 4.69) is 9.97 Å². The predicted octanol–water partition coefficient (Wildman–Crippen LogP) is 3.24.